The van der Waals surface area contributed by atoms with Crippen molar-refractivity contribution in [1.29, 1.82) is 0 Å². The van der Waals surface area contributed by atoms with E-state index < -0.39 is 0 Å². The zero-order chi connectivity index (χ0) is 14.1. The molecule has 0 spiro atoms. The number of rotatable bonds is 1. The van der Waals surface area contributed by atoms with Gasteiger partial charge < -0.3 is 4.98 Å². The molecule has 1 saturated carbocycles. The van der Waals surface area contributed by atoms with Gasteiger partial charge in [0, 0.05) is 16.6 Å². The van der Waals surface area contributed by atoms with E-state index in [4.69, 9.17) is 0 Å². The number of aromatic amines is 1. The third-order valence-corrected chi connectivity index (χ3v) is 4.69. The number of aryl methyl sites for hydroxylation is 1. The van der Waals surface area contributed by atoms with Gasteiger partial charge in [-0.05, 0) is 56.6 Å². The van der Waals surface area contributed by atoms with E-state index >= 15 is 0 Å². The Morgan fingerprint density at radius 3 is 2.57 bits per heavy atom. The summed E-state index contributed by atoms with van der Waals surface area (Å²) in [7, 11) is 0. The van der Waals surface area contributed by atoms with Gasteiger partial charge in [0.2, 0.25) is 0 Å². The fourth-order valence-electron chi connectivity index (χ4n) is 3.55. The fraction of sp³-hybridized carbons (Fsp3) is 0.444. The van der Waals surface area contributed by atoms with Crippen LogP contribution in [0.2, 0.25) is 0 Å². The molecule has 0 amide bonds. The number of fused-ring (bicyclic) bond motifs is 3. The largest absolute Gasteiger partial charge is 0.353 e. The first kappa shape index (κ1) is 12.8. The quantitative estimate of drug-likeness (QED) is 0.740. The molecular formula is C18H21N3. The van der Waals surface area contributed by atoms with Crippen LogP contribution in [0.25, 0.3) is 10.9 Å². The molecule has 0 atom stereocenters. The Morgan fingerprint density at radius 1 is 0.810 bits per heavy atom. The molecule has 0 radical (unpaired) electrons. The molecule has 3 nitrogen and oxygen atoms in total. The lowest BCUT2D eigenvalue weighted by molar-refractivity contribution is 0.664. The second-order valence-corrected chi connectivity index (χ2v) is 6.15. The Morgan fingerprint density at radius 2 is 1.67 bits per heavy atom. The summed E-state index contributed by atoms with van der Waals surface area (Å²) in [5.41, 5.74) is 6.31. The first-order valence-electron chi connectivity index (χ1n) is 8.14. The van der Waals surface area contributed by atoms with Crippen molar-refractivity contribution >= 4 is 22.3 Å². The lowest BCUT2D eigenvalue weighted by Crippen LogP contribution is -2.11. The monoisotopic (exact) mass is 279 g/mol. The Kier molecular flexibility index (Phi) is 3.34. The van der Waals surface area contributed by atoms with E-state index in [1.807, 2.05) is 0 Å². The van der Waals surface area contributed by atoms with E-state index in [9.17, 15) is 0 Å². The summed E-state index contributed by atoms with van der Waals surface area (Å²) in [5, 5.41) is 10.5. The van der Waals surface area contributed by atoms with Crippen molar-refractivity contribution in [1.82, 2.24) is 4.98 Å². The van der Waals surface area contributed by atoms with Crippen molar-refractivity contribution in [3.63, 3.8) is 0 Å². The first-order valence-corrected chi connectivity index (χ1v) is 8.14. The molecule has 2 aromatic rings. The molecule has 0 bridgehead atoms. The Labute approximate surface area is 125 Å². The van der Waals surface area contributed by atoms with Crippen LogP contribution in [-0.4, -0.2) is 16.4 Å². The molecule has 1 N–H and O–H groups in total. The molecule has 2 aliphatic rings. The lowest BCUT2D eigenvalue weighted by Gasteiger charge is -2.14. The van der Waals surface area contributed by atoms with Gasteiger partial charge in [0.1, 0.15) is 0 Å². The van der Waals surface area contributed by atoms with Crippen LogP contribution in [0.4, 0.5) is 0 Å². The van der Waals surface area contributed by atoms with Crippen LogP contribution < -0.4 is 0 Å². The summed E-state index contributed by atoms with van der Waals surface area (Å²) in [6.45, 7) is 0. The first-order chi connectivity index (χ1) is 10.4. The van der Waals surface area contributed by atoms with Crippen LogP contribution in [0, 0.1) is 0 Å². The maximum Gasteiger partial charge on any atom is 0.0867 e. The molecular weight excluding hydrogens is 258 g/mol. The van der Waals surface area contributed by atoms with Gasteiger partial charge in [-0.25, -0.2) is 0 Å². The molecule has 1 fully saturated rings. The predicted octanol–water partition coefficient (Wildman–Crippen LogP) is 4.61. The second kappa shape index (κ2) is 5.47. The third-order valence-electron chi connectivity index (χ3n) is 4.69. The Bertz CT molecular complexity index is 713. The van der Waals surface area contributed by atoms with Crippen LogP contribution in [0.3, 0.4) is 0 Å². The SMILES string of the molecule is c1ccc2c3c([nH]c2c1)/C(=N/N=C1CCCCC1)CCC3. The maximum atomic E-state index is 4.62. The summed E-state index contributed by atoms with van der Waals surface area (Å²) in [6.07, 6.45) is 9.54. The van der Waals surface area contributed by atoms with Gasteiger partial charge in [0.15, 0.2) is 0 Å². The van der Waals surface area contributed by atoms with Crippen LogP contribution in [-0.2, 0) is 6.42 Å². The average Bonchev–Trinajstić information content (AvgIpc) is 2.93. The van der Waals surface area contributed by atoms with E-state index in [0.717, 1.165) is 31.4 Å². The van der Waals surface area contributed by atoms with Gasteiger partial charge in [-0.15, -0.1) is 0 Å². The third kappa shape index (κ3) is 2.41. The van der Waals surface area contributed by atoms with Crippen LogP contribution in [0.5, 0.6) is 0 Å². The number of aromatic nitrogens is 1. The van der Waals surface area contributed by atoms with Crippen LogP contribution in [0.1, 0.15) is 56.2 Å². The molecule has 21 heavy (non-hydrogen) atoms. The molecule has 3 heteroatoms. The number of para-hydroxylation sites is 1. The summed E-state index contributed by atoms with van der Waals surface area (Å²) in [5.74, 6) is 0. The number of hydrogen-bond donors (Lipinski definition) is 1. The van der Waals surface area contributed by atoms with Gasteiger partial charge in [-0.3, -0.25) is 0 Å². The predicted molar refractivity (Wildman–Crippen MR) is 88.3 cm³/mol. The molecule has 1 aromatic carbocycles. The van der Waals surface area contributed by atoms with Crippen LogP contribution in [0.15, 0.2) is 34.5 Å². The minimum atomic E-state index is 1.04. The number of hydrogen-bond acceptors (Lipinski definition) is 2. The zero-order valence-corrected chi connectivity index (χ0v) is 12.4. The average molecular weight is 279 g/mol. The van der Waals surface area contributed by atoms with E-state index in [-0.39, 0.29) is 0 Å². The molecule has 0 aliphatic heterocycles. The number of nitrogens with zero attached hydrogens (tertiary/aromatic N) is 2. The van der Waals surface area contributed by atoms with E-state index in [0.29, 0.717) is 0 Å². The number of benzene rings is 1. The van der Waals surface area contributed by atoms with Gasteiger partial charge >= 0.3 is 0 Å². The van der Waals surface area contributed by atoms with Crippen molar-refractivity contribution < 1.29 is 0 Å². The summed E-state index contributed by atoms with van der Waals surface area (Å²) in [4.78, 5) is 3.55. The summed E-state index contributed by atoms with van der Waals surface area (Å²) < 4.78 is 0. The second-order valence-electron chi connectivity index (χ2n) is 6.15. The number of H-pyrrole nitrogens is 1. The van der Waals surface area contributed by atoms with Crippen LogP contribution >= 0.6 is 0 Å². The van der Waals surface area contributed by atoms with E-state index in [1.54, 1.807) is 0 Å². The lowest BCUT2D eigenvalue weighted by atomic mass is 9.94. The molecule has 0 unspecified atom stereocenters. The summed E-state index contributed by atoms with van der Waals surface area (Å²) >= 11 is 0. The highest BCUT2D eigenvalue weighted by Gasteiger charge is 2.20. The zero-order valence-electron chi connectivity index (χ0n) is 12.4. The molecule has 108 valence electrons. The summed E-state index contributed by atoms with van der Waals surface area (Å²) in [6, 6.07) is 8.56. The molecule has 1 aromatic heterocycles. The highest BCUT2D eigenvalue weighted by Crippen LogP contribution is 2.29. The number of nitrogens with one attached hydrogen (secondary N) is 1. The minimum absolute atomic E-state index is 1.04. The van der Waals surface area contributed by atoms with Crippen molar-refractivity contribution in [2.45, 2.75) is 51.4 Å². The highest BCUT2D eigenvalue weighted by molar-refractivity contribution is 6.06. The maximum absolute atomic E-state index is 4.62. The standard InChI is InChI=1S/C18H21N3/c1-2-7-13(8-3-1)20-21-17-12-6-10-15-14-9-4-5-11-16(14)19-18(15)17/h4-5,9,11,19H,1-3,6-8,10,12H2/b21-17+. The highest BCUT2D eigenvalue weighted by atomic mass is 15.2. The van der Waals surface area contributed by atoms with Crippen molar-refractivity contribution in [2.24, 2.45) is 10.2 Å². The van der Waals surface area contributed by atoms with Gasteiger partial charge in [-0.1, -0.05) is 24.6 Å². The minimum Gasteiger partial charge on any atom is -0.353 e. The van der Waals surface area contributed by atoms with Crippen molar-refractivity contribution in [2.75, 3.05) is 0 Å². The van der Waals surface area contributed by atoms with Crippen molar-refractivity contribution in [3.05, 3.63) is 35.5 Å². The van der Waals surface area contributed by atoms with Gasteiger partial charge in [0.25, 0.3) is 0 Å². The Hall–Kier alpha value is -1.90. The fourth-order valence-corrected chi connectivity index (χ4v) is 3.55. The topological polar surface area (TPSA) is 40.5 Å². The molecule has 1 heterocycles. The van der Waals surface area contributed by atoms with E-state index in [2.05, 4.69) is 39.5 Å². The molecule has 4 rings (SSSR count). The Balaban J connectivity index is 1.72. The van der Waals surface area contributed by atoms with Crippen molar-refractivity contribution in [3.8, 4) is 0 Å². The van der Waals surface area contributed by atoms with Gasteiger partial charge in [0.05, 0.1) is 11.4 Å². The molecule has 2 aliphatic carbocycles. The molecule has 0 saturated heterocycles. The van der Waals surface area contributed by atoms with Gasteiger partial charge in [-0.2, -0.15) is 10.2 Å². The smallest absolute Gasteiger partial charge is 0.0867 e. The normalized spacial score (nSPS) is 20.8. The van der Waals surface area contributed by atoms with E-state index in [1.165, 1.54) is 53.6 Å².